The number of nitrogens with zero attached hydrogens (tertiary/aromatic N) is 2. The Labute approximate surface area is 180 Å². The Morgan fingerprint density at radius 1 is 1.10 bits per heavy atom. The van der Waals surface area contributed by atoms with E-state index in [2.05, 4.69) is 43.4 Å². The average Bonchev–Trinajstić information content (AvgIpc) is 2.73. The fourth-order valence-corrected chi connectivity index (χ4v) is 3.49. The molecule has 0 aliphatic carbocycles. The average molecular weight is 459 g/mol. The van der Waals surface area contributed by atoms with Gasteiger partial charge in [0, 0.05) is 48.8 Å². The quantitative estimate of drug-likeness (QED) is 0.665. The molecule has 0 unspecified atom stereocenters. The van der Waals surface area contributed by atoms with Gasteiger partial charge in [0.25, 0.3) is 5.91 Å². The van der Waals surface area contributed by atoms with Gasteiger partial charge in [0.05, 0.1) is 0 Å². The van der Waals surface area contributed by atoms with Crippen LogP contribution in [0.3, 0.4) is 0 Å². The van der Waals surface area contributed by atoms with E-state index >= 15 is 0 Å². The minimum atomic E-state index is -0.183. The van der Waals surface area contributed by atoms with Crippen LogP contribution in [0.4, 0.5) is 5.82 Å². The van der Waals surface area contributed by atoms with Crippen molar-refractivity contribution >= 4 is 33.6 Å². The second-order valence-electron chi connectivity index (χ2n) is 7.48. The van der Waals surface area contributed by atoms with Crippen LogP contribution in [0.5, 0.6) is 0 Å². The van der Waals surface area contributed by atoms with Crippen LogP contribution in [0.1, 0.15) is 42.1 Å². The van der Waals surface area contributed by atoms with Crippen molar-refractivity contribution in [2.75, 3.05) is 24.5 Å². The zero-order chi connectivity index (χ0) is 20.6. The molecule has 7 heteroatoms. The number of pyridine rings is 1. The second-order valence-corrected chi connectivity index (χ2v) is 8.40. The van der Waals surface area contributed by atoms with Gasteiger partial charge in [-0.05, 0) is 54.7 Å². The van der Waals surface area contributed by atoms with Gasteiger partial charge in [-0.3, -0.25) is 9.59 Å². The molecule has 2 heterocycles. The number of aromatic nitrogens is 1. The van der Waals surface area contributed by atoms with Crippen molar-refractivity contribution in [2.24, 2.45) is 5.92 Å². The Kier molecular flexibility index (Phi) is 7.63. The van der Waals surface area contributed by atoms with Crippen LogP contribution in [0.25, 0.3) is 0 Å². The SMILES string of the molecule is CC1CCN(c2ccc(CNC(=O)CCNC(=O)c3ccc(Br)cc3)cn2)CC1. The number of hydrogen-bond donors (Lipinski definition) is 2. The number of hydrogen-bond acceptors (Lipinski definition) is 4. The van der Waals surface area contributed by atoms with Gasteiger partial charge in [-0.25, -0.2) is 4.98 Å². The van der Waals surface area contributed by atoms with Crippen LogP contribution in [0, 0.1) is 5.92 Å². The maximum absolute atomic E-state index is 12.0. The molecule has 2 aromatic rings. The largest absolute Gasteiger partial charge is 0.357 e. The molecular weight excluding hydrogens is 432 g/mol. The summed E-state index contributed by atoms with van der Waals surface area (Å²) in [7, 11) is 0. The van der Waals surface area contributed by atoms with Gasteiger partial charge in [0.2, 0.25) is 5.91 Å². The summed E-state index contributed by atoms with van der Waals surface area (Å²) in [5.74, 6) is 1.51. The first kappa shape index (κ1) is 21.3. The number of anilines is 1. The van der Waals surface area contributed by atoms with E-state index in [-0.39, 0.29) is 18.2 Å². The summed E-state index contributed by atoms with van der Waals surface area (Å²) < 4.78 is 0.918. The van der Waals surface area contributed by atoms with E-state index in [1.807, 2.05) is 30.5 Å². The zero-order valence-corrected chi connectivity index (χ0v) is 18.2. The number of amides is 2. The predicted octanol–water partition coefficient (Wildman–Crippen LogP) is 3.52. The molecule has 29 heavy (non-hydrogen) atoms. The van der Waals surface area contributed by atoms with Crippen molar-refractivity contribution in [1.29, 1.82) is 0 Å². The summed E-state index contributed by atoms with van der Waals surface area (Å²) in [6, 6.07) is 11.1. The molecule has 1 aromatic carbocycles. The van der Waals surface area contributed by atoms with E-state index in [0.29, 0.717) is 18.7 Å². The molecule has 0 bridgehead atoms. The molecule has 0 spiro atoms. The molecule has 6 nitrogen and oxygen atoms in total. The van der Waals surface area contributed by atoms with Crippen molar-refractivity contribution in [3.63, 3.8) is 0 Å². The van der Waals surface area contributed by atoms with Gasteiger partial charge in [-0.15, -0.1) is 0 Å². The van der Waals surface area contributed by atoms with E-state index in [1.54, 1.807) is 12.1 Å². The zero-order valence-electron chi connectivity index (χ0n) is 16.7. The van der Waals surface area contributed by atoms with E-state index in [0.717, 1.165) is 34.9 Å². The van der Waals surface area contributed by atoms with Gasteiger partial charge in [0.1, 0.15) is 5.82 Å². The van der Waals surface area contributed by atoms with E-state index in [4.69, 9.17) is 0 Å². The topological polar surface area (TPSA) is 74.3 Å². The lowest BCUT2D eigenvalue weighted by molar-refractivity contribution is -0.121. The standard InChI is InChI=1S/C22H27BrN4O2/c1-16-9-12-27(13-10-16)20-7-2-17(14-25-20)15-26-21(28)8-11-24-22(29)18-3-5-19(23)6-4-18/h2-7,14,16H,8-13,15H2,1H3,(H,24,29)(H,26,28). The fourth-order valence-electron chi connectivity index (χ4n) is 3.23. The Morgan fingerprint density at radius 2 is 1.83 bits per heavy atom. The molecule has 1 fully saturated rings. The number of halogens is 1. The van der Waals surface area contributed by atoms with Crippen molar-refractivity contribution in [3.05, 3.63) is 58.2 Å². The van der Waals surface area contributed by atoms with E-state index in [1.165, 1.54) is 12.8 Å². The first-order valence-corrected chi connectivity index (χ1v) is 10.8. The summed E-state index contributed by atoms with van der Waals surface area (Å²) >= 11 is 3.34. The highest BCUT2D eigenvalue weighted by Crippen LogP contribution is 2.21. The highest BCUT2D eigenvalue weighted by molar-refractivity contribution is 9.10. The molecule has 154 valence electrons. The summed E-state index contributed by atoms with van der Waals surface area (Å²) in [5, 5.41) is 5.64. The summed E-state index contributed by atoms with van der Waals surface area (Å²) in [6.45, 7) is 5.13. The van der Waals surface area contributed by atoms with Crippen LogP contribution < -0.4 is 15.5 Å². The van der Waals surface area contributed by atoms with Crippen LogP contribution >= 0.6 is 15.9 Å². The highest BCUT2D eigenvalue weighted by Gasteiger charge is 2.16. The first-order chi connectivity index (χ1) is 14.0. The lowest BCUT2D eigenvalue weighted by Gasteiger charge is -2.31. The number of benzene rings is 1. The summed E-state index contributed by atoms with van der Waals surface area (Å²) in [5.41, 5.74) is 1.54. The van der Waals surface area contributed by atoms with Crippen LogP contribution in [-0.4, -0.2) is 36.4 Å². The number of carbonyl (C=O) groups excluding carboxylic acids is 2. The Hall–Kier alpha value is -2.41. The molecule has 1 aromatic heterocycles. The Bertz CT molecular complexity index is 816. The lowest BCUT2D eigenvalue weighted by atomic mass is 9.99. The van der Waals surface area contributed by atoms with E-state index < -0.39 is 0 Å². The smallest absolute Gasteiger partial charge is 0.251 e. The summed E-state index contributed by atoms with van der Waals surface area (Å²) in [6.07, 6.45) is 4.47. The number of carbonyl (C=O) groups is 2. The third-order valence-electron chi connectivity index (χ3n) is 5.15. The number of nitrogens with one attached hydrogen (secondary N) is 2. The Balaban J connectivity index is 1.37. The molecule has 0 atom stereocenters. The molecule has 1 aliphatic heterocycles. The summed E-state index contributed by atoms with van der Waals surface area (Å²) in [4.78, 5) is 30.9. The number of rotatable bonds is 7. The van der Waals surface area contributed by atoms with Crippen molar-refractivity contribution in [2.45, 2.75) is 32.7 Å². The molecule has 0 radical (unpaired) electrons. The van der Waals surface area contributed by atoms with Crippen LogP contribution in [0.15, 0.2) is 47.1 Å². The fraction of sp³-hybridized carbons (Fsp3) is 0.409. The third kappa shape index (κ3) is 6.56. The number of piperidine rings is 1. The minimum absolute atomic E-state index is 0.102. The molecule has 3 rings (SSSR count). The molecule has 0 saturated carbocycles. The minimum Gasteiger partial charge on any atom is -0.357 e. The van der Waals surface area contributed by atoms with Gasteiger partial charge in [-0.2, -0.15) is 0 Å². The van der Waals surface area contributed by atoms with Crippen LogP contribution in [-0.2, 0) is 11.3 Å². The first-order valence-electron chi connectivity index (χ1n) is 10.0. The van der Waals surface area contributed by atoms with Gasteiger partial charge in [0.15, 0.2) is 0 Å². The van der Waals surface area contributed by atoms with Crippen molar-refractivity contribution < 1.29 is 9.59 Å². The van der Waals surface area contributed by atoms with Crippen LogP contribution in [0.2, 0.25) is 0 Å². The molecule has 2 N–H and O–H groups in total. The normalized spacial score (nSPS) is 14.5. The van der Waals surface area contributed by atoms with E-state index in [9.17, 15) is 9.59 Å². The highest BCUT2D eigenvalue weighted by atomic mass is 79.9. The van der Waals surface area contributed by atoms with Gasteiger partial charge >= 0.3 is 0 Å². The monoisotopic (exact) mass is 458 g/mol. The molecule has 1 aliphatic rings. The van der Waals surface area contributed by atoms with Gasteiger partial charge < -0.3 is 15.5 Å². The van der Waals surface area contributed by atoms with Crippen molar-refractivity contribution in [3.8, 4) is 0 Å². The lowest BCUT2D eigenvalue weighted by Crippen LogP contribution is -2.33. The second kappa shape index (κ2) is 10.4. The van der Waals surface area contributed by atoms with Crippen molar-refractivity contribution in [1.82, 2.24) is 15.6 Å². The maximum Gasteiger partial charge on any atom is 0.251 e. The maximum atomic E-state index is 12.0. The molecular formula is C22H27BrN4O2. The molecule has 2 amide bonds. The molecule has 1 saturated heterocycles. The predicted molar refractivity (Wildman–Crippen MR) is 118 cm³/mol. The Morgan fingerprint density at radius 3 is 2.48 bits per heavy atom. The third-order valence-corrected chi connectivity index (χ3v) is 5.68. The van der Waals surface area contributed by atoms with Gasteiger partial charge in [-0.1, -0.05) is 28.9 Å².